The molecule has 7 nitrogen and oxygen atoms in total. The van der Waals surface area contributed by atoms with E-state index in [1.54, 1.807) is 0 Å². The Balaban J connectivity index is 2.02. The lowest BCUT2D eigenvalue weighted by atomic mass is 9.91. The van der Waals surface area contributed by atoms with Gasteiger partial charge in [-0.2, -0.15) is 5.10 Å². The van der Waals surface area contributed by atoms with Crippen molar-refractivity contribution in [1.82, 2.24) is 20.4 Å². The largest absolute Gasteiger partial charge is 0.476 e. The van der Waals surface area contributed by atoms with Crippen molar-refractivity contribution in [1.29, 1.82) is 0 Å². The Kier molecular flexibility index (Phi) is 5.54. The quantitative estimate of drug-likeness (QED) is 0.640. The summed E-state index contributed by atoms with van der Waals surface area (Å²) in [5.74, 6) is -0.994. The van der Waals surface area contributed by atoms with Crippen LogP contribution in [0, 0.1) is 0 Å². The highest BCUT2D eigenvalue weighted by Crippen LogP contribution is 2.25. The summed E-state index contributed by atoms with van der Waals surface area (Å²) < 4.78 is 1.85. The van der Waals surface area contributed by atoms with Gasteiger partial charge in [0.2, 0.25) is 5.91 Å². The minimum atomic E-state index is -0.954. The SMILES string of the molecule is CCCn1nc(C(=O)O)c2c1CCC(NCCNC(C)=O)C2. The summed E-state index contributed by atoms with van der Waals surface area (Å²) in [6.07, 6.45) is 3.42. The molecule has 1 aromatic heterocycles. The lowest BCUT2D eigenvalue weighted by Gasteiger charge is -2.24. The normalized spacial score (nSPS) is 17.1. The molecule has 1 aromatic rings. The molecule has 1 heterocycles. The van der Waals surface area contributed by atoms with Crippen LogP contribution < -0.4 is 10.6 Å². The number of rotatable bonds is 7. The number of fused-ring (bicyclic) bond motifs is 1. The molecule has 1 unspecified atom stereocenters. The first-order chi connectivity index (χ1) is 10.5. The molecule has 0 aliphatic heterocycles. The van der Waals surface area contributed by atoms with Gasteiger partial charge in [0.1, 0.15) is 0 Å². The van der Waals surface area contributed by atoms with Crippen LogP contribution in [0.5, 0.6) is 0 Å². The van der Waals surface area contributed by atoms with Crippen molar-refractivity contribution < 1.29 is 14.7 Å². The Morgan fingerprint density at radius 2 is 2.18 bits per heavy atom. The van der Waals surface area contributed by atoms with E-state index in [0.29, 0.717) is 19.5 Å². The zero-order valence-corrected chi connectivity index (χ0v) is 13.2. The molecule has 122 valence electrons. The molecule has 1 aliphatic rings. The number of carbonyl (C=O) groups excluding carboxylic acids is 1. The second-order valence-corrected chi connectivity index (χ2v) is 5.68. The summed E-state index contributed by atoms with van der Waals surface area (Å²) in [7, 11) is 0. The Morgan fingerprint density at radius 1 is 1.41 bits per heavy atom. The Bertz CT molecular complexity index is 553. The molecule has 0 saturated carbocycles. The fraction of sp³-hybridized carbons (Fsp3) is 0.667. The fourth-order valence-corrected chi connectivity index (χ4v) is 2.95. The lowest BCUT2D eigenvalue weighted by molar-refractivity contribution is -0.118. The average Bonchev–Trinajstić information content (AvgIpc) is 2.82. The van der Waals surface area contributed by atoms with E-state index in [1.807, 2.05) is 4.68 Å². The van der Waals surface area contributed by atoms with Gasteiger partial charge >= 0.3 is 5.97 Å². The van der Waals surface area contributed by atoms with Crippen LogP contribution in [-0.4, -0.2) is 45.9 Å². The van der Waals surface area contributed by atoms with E-state index in [1.165, 1.54) is 6.92 Å². The van der Waals surface area contributed by atoms with Crippen LogP contribution in [0.25, 0.3) is 0 Å². The van der Waals surface area contributed by atoms with Gasteiger partial charge in [-0.15, -0.1) is 0 Å². The molecule has 0 saturated heterocycles. The highest BCUT2D eigenvalue weighted by molar-refractivity contribution is 5.87. The molecule has 22 heavy (non-hydrogen) atoms. The zero-order chi connectivity index (χ0) is 16.1. The molecule has 0 spiro atoms. The monoisotopic (exact) mass is 308 g/mol. The highest BCUT2D eigenvalue weighted by Gasteiger charge is 2.28. The molecule has 1 aliphatic carbocycles. The highest BCUT2D eigenvalue weighted by atomic mass is 16.4. The molecule has 3 N–H and O–H groups in total. The van der Waals surface area contributed by atoms with Crippen molar-refractivity contribution in [2.45, 2.75) is 52.1 Å². The van der Waals surface area contributed by atoms with Crippen LogP contribution in [0.4, 0.5) is 0 Å². The minimum absolute atomic E-state index is 0.0401. The number of hydrogen-bond donors (Lipinski definition) is 3. The maximum absolute atomic E-state index is 11.4. The fourth-order valence-electron chi connectivity index (χ4n) is 2.95. The van der Waals surface area contributed by atoms with Gasteiger partial charge in [-0.3, -0.25) is 9.48 Å². The number of aromatic carboxylic acids is 1. The van der Waals surface area contributed by atoms with E-state index in [9.17, 15) is 14.7 Å². The lowest BCUT2D eigenvalue weighted by Crippen LogP contribution is -2.39. The van der Waals surface area contributed by atoms with Crippen molar-refractivity contribution in [3.8, 4) is 0 Å². The number of aromatic nitrogens is 2. The summed E-state index contributed by atoms with van der Waals surface area (Å²) in [6.45, 7) is 5.58. The number of aryl methyl sites for hydroxylation is 1. The van der Waals surface area contributed by atoms with Crippen molar-refractivity contribution in [3.05, 3.63) is 17.0 Å². The molecule has 2 rings (SSSR count). The smallest absolute Gasteiger partial charge is 0.356 e. The van der Waals surface area contributed by atoms with Crippen molar-refractivity contribution in [2.24, 2.45) is 0 Å². The van der Waals surface area contributed by atoms with E-state index in [4.69, 9.17) is 0 Å². The van der Waals surface area contributed by atoms with E-state index in [0.717, 1.165) is 37.1 Å². The number of amides is 1. The molecular weight excluding hydrogens is 284 g/mol. The van der Waals surface area contributed by atoms with Gasteiger partial charge in [0.25, 0.3) is 0 Å². The minimum Gasteiger partial charge on any atom is -0.476 e. The van der Waals surface area contributed by atoms with E-state index in [2.05, 4.69) is 22.7 Å². The zero-order valence-electron chi connectivity index (χ0n) is 13.2. The van der Waals surface area contributed by atoms with Gasteiger partial charge in [-0.1, -0.05) is 6.92 Å². The maximum atomic E-state index is 11.4. The van der Waals surface area contributed by atoms with E-state index >= 15 is 0 Å². The molecule has 1 atom stereocenters. The van der Waals surface area contributed by atoms with Crippen LogP contribution in [0.15, 0.2) is 0 Å². The Morgan fingerprint density at radius 3 is 2.82 bits per heavy atom. The Hall–Kier alpha value is -1.89. The summed E-state index contributed by atoms with van der Waals surface area (Å²) >= 11 is 0. The first kappa shape index (κ1) is 16.5. The number of carboxylic acid groups (broad SMARTS) is 1. The first-order valence-electron chi connectivity index (χ1n) is 7.82. The van der Waals surface area contributed by atoms with Gasteiger partial charge in [0.05, 0.1) is 0 Å². The van der Waals surface area contributed by atoms with Gasteiger partial charge in [-0.05, 0) is 25.7 Å². The summed E-state index contributed by atoms with van der Waals surface area (Å²) in [5, 5.41) is 19.7. The standard InChI is InChI=1S/C15H24N4O3/c1-3-8-19-13-5-4-11(17-7-6-16-10(2)20)9-12(13)14(18-19)15(21)22/h11,17H,3-9H2,1-2H3,(H,16,20)(H,21,22). The number of nitrogens with zero attached hydrogens (tertiary/aromatic N) is 2. The van der Waals surface area contributed by atoms with Gasteiger partial charge in [-0.25, -0.2) is 4.79 Å². The van der Waals surface area contributed by atoms with Crippen molar-refractivity contribution in [2.75, 3.05) is 13.1 Å². The van der Waals surface area contributed by atoms with Gasteiger partial charge in [0.15, 0.2) is 5.69 Å². The molecule has 0 aromatic carbocycles. The molecule has 7 heteroatoms. The van der Waals surface area contributed by atoms with Crippen LogP contribution in [0.3, 0.4) is 0 Å². The third kappa shape index (κ3) is 3.85. The molecule has 0 fully saturated rings. The topological polar surface area (TPSA) is 96.2 Å². The van der Waals surface area contributed by atoms with Gasteiger partial charge in [0, 0.05) is 43.9 Å². The predicted octanol–water partition coefficient (Wildman–Crippen LogP) is 0.574. The molecule has 1 amide bonds. The summed E-state index contributed by atoms with van der Waals surface area (Å²) in [6, 6.07) is 0.235. The number of nitrogens with one attached hydrogen (secondary N) is 2. The van der Waals surface area contributed by atoms with Crippen molar-refractivity contribution >= 4 is 11.9 Å². The number of hydrogen-bond acceptors (Lipinski definition) is 4. The average molecular weight is 308 g/mol. The van der Waals surface area contributed by atoms with Crippen LogP contribution in [-0.2, 0) is 24.2 Å². The molecule has 0 bridgehead atoms. The first-order valence-corrected chi connectivity index (χ1v) is 7.82. The molecular formula is C15H24N4O3. The predicted molar refractivity (Wildman–Crippen MR) is 82.0 cm³/mol. The second-order valence-electron chi connectivity index (χ2n) is 5.68. The summed E-state index contributed by atoms with van der Waals surface area (Å²) in [4.78, 5) is 22.2. The second kappa shape index (κ2) is 7.40. The third-order valence-corrected chi connectivity index (χ3v) is 3.92. The number of carboxylic acids is 1. The van der Waals surface area contributed by atoms with Crippen LogP contribution >= 0.6 is 0 Å². The third-order valence-electron chi connectivity index (χ3n) is 3.92. The van der Waals surface area contributed by atoms with Crippen LogP contribution in [0.2, 0.25) is 0 Å². The number of carbonyl (C=O) groups is 2. The van der Waals surface area contributed by atoms with Crippen LogP contribution in [0.1, 0.15) is 48.4 Å². The Labute approximate surface area is 130 Å². The van der Waals surface area contributed by atoms with E-state index in [-0.39, 0.29) is 17.6 Å². The van der Waals surface area contributed by atoms with Crippen molar-refractivity contribution in [3.63, 3.8) is 0 Å². The maximum Gasteiger partial charge on any atom is 0.356 e. The molecule has 0 radical (unpaired) electrons. The summed E-state index contributed by atoms with van der Waals surface area (Å²) in [5.41, 5.74) is 2.13. The van der Waals surface area contributed by atoms with E-state index < -0.39 is 5.97 Å². The van der Waals surface area contributed by atoms with Gasteiger partial charge < -0.3 is 15.7 Å².